The summed E-state index contributed by atoms with van der Waals surface area (Å²) in [5.74, 6) is 1.22. The molecule has 0 saturated heterocycles. The Labute approximate surface area is 124 Å². The minimum absolute atomic E-state index is 0.130. The monoisotopic (exact) mass is 318 g/mol. The maximum Gasteiger partial charge on any atom is 0.242 e. The first-order chi connectivity index (χ1) is 9.47. The fraction of sp³-hybridized carbons (Fsp3) is 0.692. The largest absolute Gasteiger partial charge is 0.390 e. The Morgan fingerprint density at radius 1 is 1.55 bits per heavy atom. The van der Waals surface area contributed by atoms with Crippen LogP contribution in [-0.4, -0.2) is 36.6 Å². The molecule has 0 bridgehead atoms. The van der Waals surface area contributed by atoms with Crippen molar-refractivity contribution in [3.8, 4) is 0 Å². The van der Waals surface area contributed by atoms with Gasteiger partial charge in [0.2, 0.25) is 10.0 Å². The van der Waals surface area contributed by atoms with Gasteiger partial charge in [0.15, 0.2) is 0 Å². The molecule has 1 fully saturated rings. The maximum absolute atomic E-state index is 12.3. The zero-order chi connectivity index (χ0) is 14.8. The second kappa shape index (κ2) is 6.51. The molecule has 1 atom stereocenters. The Morgan fingerprint density at radius 3 is 2.80 bits per heavy atom. The zero-order valence-corrected chi connectivity index (χ0v) is 13.5. The smallest absolute Gasteiger partial charge is 0.242 e. The van der Waals surface area contributed by atoms with Gasteiger partial charge in [-0.2, -0.15) is 11.8 Å². The van der Waals surface area contributed by atoms with Gasteiger partial charge in [-0.25, -0.2) is 13.1 Å². The second-order valence-electron chi connectivity index (χ2n) is 5.38. The van der Waals surface area contributed by atoms with Gasteiger partial charge in [-0.3, -0.25) is 0 Å². The van der Waals surface area contributed by atoms with Gasteiger partial charge in [-0.1, -0.05) is 6.92 Å². The van der Waals surface area contributed by atoms with Crippen LogP contribution in [0.1, 0.15) is 31.5 Å². The van der Waals surface area contributed by atoms with Crippen molar-refractivity contribution >= 4 is 21.8 Å². The van der Waals surface area contributed by atoms with Crippen molar-refractivity contribution in [1.29, 1.82) is 0 Å². The Kier molecular flexibility index (Phi) is 5.17. The number of nitrogens with zero attached hydrogens (tertiary/aromatic N) is 1. The van der Waals surface area contributed by atoms with E-state index in [1.807, 2.05) is 17.7 Å². The molecule has 7 heteroatoms. The summed E-state index contributed by atoms with van der Waals surface area (Å²) in [7, 11) is -3.48. The topological polar surface area (TPSA) is 71.3 Å². The molecule has 1 heterocycles. The molecule has 20 heavy (non-hydrogen) atoms. The van der Waals surface area contributed by atoms with E-state index in [1.165, 1.54) is 0 Å². The third-order valence-corrected chi connectivity index (χ3v) is 5.69. The highest BCUT2D eigenvalue weighted by molar-refractivity contribution is 7.98. The summed E-state index contributed by atoms with van der Waals surface area (Å²) >= 11 is 1.71. The fourth-order valence-corrected chi connectivity index (χ4v) is 4.04. The Bertz CT molecular complexity index is 550. The Balaban J connectivity index is 2.09. The molecule has 1 aromatic rings. The minimum atomic E-state index is -3.48. The normalized spacial score (nSPS) is 17.4. The van der Waals surface area contributed by atoms with Crippen molar-refractivity contribution in [1.82, 2.24) is 9.29 Å². The van der Waals surface area contributed by atoms with E-state index in [9.17, 15) is 13.5 Å². The Hall–Kier alpha value is -0.500. The summed E-state index contributed by atoms with van der Waals surface area (Å²) < 4.78 is 29.0. The van der Waals surface area contributed by atoms with E-state index < -0.39 is 10.0 Å². The van der Waals surface area contributed by atoms with E-state index in [2.05, 4.69) is 4.72 Å². The molecule has 0 amide bonds. The summed E-state index contributed by atoms with van der Waals surface area (Å²) in [5.41, 5.74) is 0.671. The molecule has 1 saturated carbocycles. The lowest BCUT2D eigenvalue weighted by molar-refractivity contribution is 0.270. The Morgan fingerprint density at radius 2 is 2.25 bits per heavy atom. The number of aromatic nitrogens is 1. The number of thioether (sulfide) groups is 1. The van der Waals surface area contributed by atoms with Crippen molar-refractivity contribution < 1.29 is 13.5 Å². The molecule has 0 radical (unpaired) electrons. The molecule has 1 aliphatic rings. The van der Waals surface area contributed by atoms with Gasteiger partial charge in [0, 0.05) is 24.5 Å². The van der Waals surface area contributed by atoms with Crippen LogP contribution < -0.4 is 4.72 Å². The number of nitrogens with one attached hydrogen (secondary N) is 1. The standard InChI is InChI=1S/C13H22N2O3S2/c1-10(9-19-2)6-14-20(17,18)13-5-12(8-16)15(7-13)11-3-4-11/h5,7,10-11,14,16H,3-4,6,8-9H2,1-2H3. The van der Waals surface area contributed by atoms with Crippen LogP contribution in [0.25, 0.3) is 0 Å². The lowest BCUT2D eigenvalue weighted by Gasteiger charge is -2.10. The van der Waals surface area contributed by atoms with Gasteiger partial charge in [-0.15, -0.1) is 0 Å². The molecular weight excluding hydrogens is 296 g/mol. The fourth-order valence-electron chi connectivity index (χ4n) is 2.14. The molecule has 5 nitrogen and oxygen atoms in total. The average molecular weight is 318 g/mol. The van der Waals surface area contributed by atoms with E-state index in [-0.39, 0.29) is 11.5 Å². The number of rotatable bonds is 8. The predicted octanol–water partition coefficient (Wildman–Crippen LogP) is 1.59. The molecule has 1 aliphatic carbocycles. The number of sulfonamides is 1. The third-order valence-electron chi connectivity index (χ3n) is 3.39. The van der Waals surface area contributed by atoms with Crippen LogP contribution in [0.2, 0.25) is 0 Å². The highest BCUT2D eigenvalue weighted by Gasteiger charge is 2.28. The molecule has 0 spiro atoms. The van der Waals surface area contributed by atoms with Crippen molar-refractivity contribution in [2.45, 2.75) is 37.3 Å². The third kappa shape index (κ3) is 3.78. The first-order valence-electron chi connectivity index (χ1n) is 6.78. The molecule has 2 rings (SSSR count). The van der Waals surface area contributed by atoms with Crippen molar-refractivity contribution in [3.63, 3.8) is 0 Å². The van der Waals surface area contributed by atoms with E-state index in [4.69, 9.17) is 0 Å². The minimum Gasteiger partial charge on any atom is -0.390 e. The number of hydrogen-bond donors (Lipinski definition) is 2. The summed E-state index contributed by atoms with van der Waals surface area (Å²) in [4.78, 5) is 0.254. The molecular formula is C13H22N2O3S2. The molecule has 1 aromatic heterocycles. The van der Waals surface area contributed by atoms with E-state index in [1.54, 1.807) is 24.0 Å². The van der Waals surface area contributed by atoms with Gasteiger partial charge in [0.1, 0.15) is 0 Å². The molecule has 114 valence electrons. The summed E-state index contributed by atoms with van der Waals surface area (Å²) in [6.45, 7) is 2.33. The first kappa shape index (κ1) is 15.9. The molecule has 1 unspecified atom stereocenters. The van der Waals surface area contributed by atoms with E-state index in [0.29, 0.717) is 24.2 Å². The van der Waals surface area contributed by atoms with Crippen LogP contribution in [0.4, 0.5) is 0 Å². The van der Waals surface area contributed by atoms with Crippen molar-refractivity contribution in [3.05, 3.63) is 18.0 Å². The highest BCUT2D eigenvalue weighted by atomic mass is 32.2. The van der Waals surface area contributed by atoms with Crippen molar-refractivity contribution in [2.75, 3.05) is 18.6 Å². The van der Waals surface area contributed by atoms with Crippen LogP contribution in [0.3, 0.4) is 0 Å². The van der Waals surface area contributed by atoms with Crippen LogP contribution in [0.15, 0.2) is 17.2 Å². The van der Waals surface area contributed by atoms with Gasteiger partial charge in [-0.05, 0) is 36.8 Å². The number of hydrogen-bond acceptors (Lipinski definition) is 4. The second-order valence-corrected chi connectivity index (χ2v) is 8.05. The van der Waals surface area contributed by atoms with E-state index >= 15 is 0 Å². The summed E-state index contributed by atoms with van der Waals surface area (Å²) in [6, 6.07) is 1.93. The van der Waals surface area contributed by atoms with Crippen LogP contribution in [0.5, 0.6) is 0 Å². The molecule has 0 aliphatic heterocycles. The molecule has 2 N–H and O–H groups in total. The average Bonchev–Trinajstić information content (AvgIpc) is 3.15. The van der Waals surface area contributed by atoms with Gasteiger partial charge in [0.05, 0.1) is 11.5 Å². The van der Waals surface area contributed by atoms with Crippen LogP contribution in [0, 0.1) is 5.92 Å². The lowest BCUT2D eigenvalue weighted by Crippen LogP contribution is -2.29. The highest BCUT2D eigenvalue weighted by Crippen LogP contribution is 2.37. The van der Waals surface area contributed by atoms with E-state index in [0.717, 1.165) is 18.6 Å². The van der Waals surface area contributed by atoms with Gasteiger partial charge >= 0.3 is 0 Å². The summed E-state index contributed by atoms with van der Waals surface area (Å²) in [6.07, 6.45) is 5.76. The quantitative estimate of drug-likeness (QED) is 0.763. The van der Waals surface area contributed by atoms with Crippen LogP contribution >= 0.6 is 11.8 Å². The number of aliphatic hydroxyl groups is 1. The summed E-state index contributed by atoms with van der Waals surface area (Å²) in [5, 5.41) is 9.32. The SMILES string of the molecule is CSCC(C)CNS(=O)(=O)c1cc(CO)n(C2CC2)c1. The lowest BCUT2D eigenvalue weighted by atomic mass is 10.2. The number of aliphatic hydroxyl groups excluding tert-OH is 1. The van der Waals surface area contributed by atoms with Gasteiger partial charge in [0.25, 0.3) is 0 Å². The zero-order valence-electron chi connectivity index (χ0n) is 11.9. The van der Waals surface area contributed by atoms with Crippen LogP contribution in [-0.2, 0) is 16.6 Å². The first-order valence-corrected chi connectivity index (χ1v) is 9.66. The van der Waals surface area contributed by atoms with Gasteiger partial charge < -0.3 is 9.67 Å². The van der Waals surface area contributed by atoms with Crippen molar-refractivity contribution in [2.24, 2.45) is 5.92 Å². The molecule has 0 aromatic carbocycles. The maximum atomic E-state index is 12.3. The predicted molar refractivity (Wildman–Crippen MR) is 81.4 cm³/mol.